The highest BCUT2D eigenvalue weighted by atomic mass is 16.1. The van der Waals surface area contributed by atoms with Crippen LogP contribution in [-0.2, 0) is 0 Å². The highest BCUT2D eigenvalue weighted by molar-refractivity contribution is 5.96. The summed E-state index contributed by atoms with van der Waals surface area (Å²) in [7, 11) is 1.63. The minimum Gasteiger partial charge on any atom is -0.355 e. The minimum absolute atomic E-state index is 0.0504. The van der Waals surface area contributed by atoms with Gasteiger partial charge in [0.1, 0.15) is 0 Å². The lowest BCUT2D eigenvalue weighted by Crippen LogP contribution is -2.19. The number of nitrogens with one attached hydrogen (secondary N) is 1. The molecular formula is C12H15NO. The number of carbonyl (C=O) groups excluding carboxylic acids is 1. The van der Waals surface area contributed by atoms with Crippen molar-refractivity contribution >= 4 is 11.5 Å². The molecule has 1 aromatic rings. The van der Waals surface area contributed by atoms with E-state index in [-0.39, 0.29) is 5.91 Å². The molecule has 0 aliphatic rings. The fourth-order valence-corrected chi connectivity index (χ4v) is 1.27. The normalized spacial score (nSPS) is 9.64. The average molecular weight is 189 g/mol. The third-order valence-electron chi connectivity index (χ3n) is 2.20. The fraction of sp³-hybridized carbons (Fsp3) is 0.250. The summed E-state index contributed by atoms with van der Waals surface area (Å²) in [6.07, 6.45) is 0. The monoisotopic (exact) mass is 189 g/mol. The molecule has 0 saturated heterocycles. The number of carbonyl (C=O) groups is 1. The zero-order chi connectivity index (χ0) is 10.7. The third-order valence-corrected chi connectivity index (χ3v) is 2.20. The highest BCUT2D eigenvalue weighted by Gasteiger charge is 2.07. The quantitative estimate of drug-likeness (QED) is 0.760. The molecule has 2 heteroatoms. The van der Waals surface area contributed by atoms with Crippen LogP contribution in [0.5, 0.6) is 0 Å². The number of allylic oxidation sites excluding steroid dienone is 1. The van der Waals surface area contributed by atoms with Gasteiger partial charge in [-0.3, -0.25) is 4.79 Å². The molecule has 14 heavy (non-hydrogen) atoms. The van der Waals surface area contributed by atoms with Crippen LogP contribution < -0.4 is 5.32 Å². The van der Waals surface area contributed by atoms with Crippen LogP contribution in [0.15, 0.2) is 24.8 Å². The molecule has 0 aliphatic heterocycles. The van der Waals surface area contributed by atoms with E-state index in [1.165, 1.54) is 0 Å². The molecular weight excluding hydrogens is 174 g/mol. The number of amides is 1. The molecule has 2 nitrogen and oxygen atoms in total. The summed E-state index contributed by atoms with van der Waals surface area (Å²) < 4.78 is 0. The van der Waals surface area contributed by atoms with E-state index in [0.717, 1.165) is 16.7 Å². The Bertz CT molecular complexity index is 380. The predicted octanol–water partition coefficient (Wildman–Crippen LogP) is 2.39. The van der Waals surface area contributed by atoms with E-state index in [4.69, 9.17) is 0 Å². The number of hydrogen-bond acceptors (Lipinski definition) is 1. The molecule has 1 aromatic carbocycles. The maximum absolute atomic E-state index is 11.5. The Balaban J connectivity index is 3.21. The molecule has 0 unspecified atom stereocenters. The molecule has 74 valence electrons. The summed E-state index contributed by atoms with van der Waals surface area (Å²) in [4.78, 5) is 11.5. The van der Waals surface area contributed by atoms with Gasteiger partial charge in [-0.15, -0.1) is 0 Å². The van der Waals surface area contributed by atoms with Gasteiger partial charge in [-0.2, -0.15) is 0 Å². The van der Waals surface area contributed by atoms with Gasteiger partial charge < -0.3 is 5.32 Å². The van der Waals surface area contributed by atoms with E-state index in [2.05, 4.69) is 11.9 Å². The van der Waals surface area contributed by atoms with Gasteiger partial charge in [0.15, 0.2) is 0 Å². The van der Waals surface area contributed by atoms with Crippen LogP contribution in [0.4, 0.5) is 0 Å². The van der Waals surface area contributed by atoms with Crippen molar-refractivity contribution < 1.29 is 4.79 Å². The van der Waals surface area contributed by atoms with Crippen LogP contribution >= 0.6 is 0 Å². The fourth-order valence-electron chi connectivity index (χ4n) is 1.27. The molecule has 0 heterocycles. The number of benzene rings is 1. The first-order valence-corrected chi connectivity index (χ1v) is 4.55. The number of rotatable bonds is 2. The van der Waals surface area contributed by atoms with Gasteiger partial charge in [0.25, 0.3) is 5.91 Å². The maximum atomic E-state index is 11.5. The summed E-state index contributed by atoms with van der Waals surface area (Å²) in [5, 5.41) is 2.62. The smallest absolute Gasteiger partial charge is 0.251 e. The van der Waals surface area contributed by atoms with Crippen LogP contribution in [0, 0.1) is 6.92 Å². The largest absolute Gasteiger partial charge is 0.355 e. The summed E-state index contributed by atoms with van der Waals surface area (Å²) in [5.41, 5.74) is 3.67. The van der Waals surface area contributed by atoms with Gasteiger partial charge in [-0.25, -0.2) is 0 Å². The average Bonchev–Trinajstić information content (AvgIpc) is 2.17. The van der Waals surface area contributed by atoms with Crippen molar-refractivity contribution in [2.45, 2.75) is 13.8 Å². The van der Waals surface area contributed by atoms with Crippen molar-refractivity contribution in [3.63, 3.8) is 0 Å². The molecule has 0 aromatic heterocycles. The second kappa shape index (κ2) is 4.09. The van der Waals surface area contributed by atoms with E-state index >= 15 is 0 Å². The highest BCUT2D eigenvalue weighted by Crippen LogP contribution is 2.16. The Labute approximate surface area is 84.6 Å². The molecule has 0 fully saturated rings. The number of hydrogen-bond donors (Lipinski definition) is 1. The summed E-state index contributed by atoms with van der Waals surface area (Å²) in [5.74, 6) is -0.0504. The van der Waals surface area contributed by atoms with Crippen LogP contribution in [0.2, 0.25) is 0 Å². The van der Waals surface area contributed by atoms with E-state index in [0.29, 0.717) is 5.56 Å². The van der Waals surface area contributed by atoms with Crippen LogP contribution in [-0.4, -0.2) is 13.0 Å². The molecule has 1 amide bonds. The van der Waals surface area contributed by atoms with Gasteiger partial charge >= 0.3 is 0 Å². The predicted molar refractivity (Wildman–Crippen MR) is 59.3 cm³/mol. The second-order valence-corrected chi connectivity index (χ2v) is 3.39. The van der Waals surface area contributed by atoms with E-state index in [1.807, 2.05) is 32.0 Å². The SMILES string of the molecule is C=C(C)c1ccc(C)c(C(=O)NC)c1. The first-order valence-electron chi connectivity index (χ1n) is 4.55. The lowest BCUT2D eigenvalue weighted by molar-refractivity contribution is 0.0962. The Morgan fingerprint density at radius 3 is 2.57 bits per heavy atom. The molecule has 0 radical (unpaired) electrons. The molecule has 0 bridgehead atoms. The van der Waals surface area contributed by atoms with Crippen molar-refractivity contribution in [1.29, 1.82) is 0 Å². The Hall–Kier alpha value is -1.57. The van der Waals surface area contributed by atoms with E-state index in [9.17, 15) is 4.79 Å². The molecule has 1 rings (SSSR count). The first-order chi connectivity index (χ1) is 6.56. The molecule has 1 N–H and O–H groups in total. The lowest BCUT2D eigenvalue weighted by Gasteiger charge is -2.07. The first kappa shape index (κ1) is 10.5. The lowest BCUT2D eigenvalue weighted by atomic mass is 10.0. The van der Waals surface area contributed by atoms with Gasteiger partial charge in [-0.05, 0) is 31.0 Å². The van der Waals surface area contributed by atoms with Crippen molar-refractivity contribution in [2.24, 2.45) is 0 Å². The second-order valence-electron chi connectivity index (χ2n) is 3.39. The Morgan fingerprint density at radius 2 is 2.07 bits per heavy atom. The van der Waals surface area contributed by atoms with Gasteiger partial charge in [0.05, 0.1) is 0 Å². The molecule has 0 spiro atoms. The van der Waals surface area contributed by atoms with Crippen molar-refractivity contribution in [3.05, 3.63) is 41.5 Å². The number of aryl methyl sites for hydroxylation is 1. The zero-order valence-corrected chi connectivity index (χ0v) is 8.85. The maximum Gasteiger partial charge on any atom is 0.251 e. The van der Waals surface area contributed by atoms with E-state index < -0.39 is 0 Å². The van der Waals surface area contributed by atoms with Gasteiger partial charge in [0.2, 0.25) is 0 Å². The molecule has 0 saturated carbocycles. The van der Waals surface area contributed by atoms with Crippen molar-refractivity contribution in [2.75, 3.05) is 7.05 Å². The topological polar surface area (TPSA) is 29.1 Å². The molecule has 0 atom stereocenters. The van der Waals surface area contributed by atoms with Gasteiger partial charge in [-0.1, -0.05) is 24.3 Å². The van der Waals surface area contributed by atoms with Crippen LogP contribution in [0.25, 0.3) is 5.57 Å². The van der Waals surface area contributed by atoms with Gasteiger partial charge in [0, 0.05) is 12.6 Å². The summed E-state index contributed by atoms with van der Waals surface area (Å²) >= 11 is 0. The van der Waals surface area contributed by atoms with Crippen LogP contribution in [0.3, 0.4) is 0 Å². The molecule has 0 aliphatic carbocycles. The van der Waals surface area contributed by atoms with Crippen molar-refractivity contribution in [1.82, 2.24) is 5.32 Å². The summed E-state index contributed by atoms with van der Waals surface area (Å²) in [6.45, 7) is 7.70. The third kappa shape index (κ3) is 2.02. The summed E-state index contributed by atoms with van der Waals surface area (Å²) in [6, 6.07) is 5.79. The zero-order valence-electron chi connectivity index (χ0n) is 8.85. The Kier molecular flexibility index (Phi) is 3.07. The van der Waals surface area contributed by atoms with Crippen molar-refractivity contribution in [3.8, 4) is 0 Å². The van der Waals surface area contributed by atoms with E-state index in [1.54, 1.807) is 7.05 Å². The minimum atomic E-state index is -0.0504. The standard InChI is InChI=1S/C12H15NO/c1-8(2)10-6-5-9(3)11(7-10)12(14)13-4/h5-7H,1H2,2-4H3,(H,13,14). The Morgan fingerprint density at radius 1 is 1.43 bits per heavy atom. The van der Waals surface area contributed by atoms with Crippen LogP contribution in [0.1, 0.15) is 28.4 Å².